The second-order valence-corrected chi connectivity index (χ2v) is 4.40. The largest absolute Gasteiger partial charge is 0.381 e. The van der Waals surface area contributed by atoms with Crippen LogP contribution in [-0.2, 0) is 9.53 Å². The lowest BCUT2D eigenvalue weighted by Gasteiger charge is -2.31. The van der Waals surface area contributed by atoms with Crippen molar-refractivity contribution in [1.29, 1.82) is 0 Å². The summed E-state index contributed by atoms with van der Waals surface area (Å²) in [4.78, 5) is 11.6. The first-order valence-electron chi connectivity index (χ1n) is 6.35. The van der Waals surface area contributed by atoms with Crippen molar-refractivity contribution in [3.8, 4) is 0 Å². The number of ether oxygens (including phenoxy) is 1. The van der Waals surface area contributed by atoms with E-state index >= 15 is 0 Å². The number of hydrogen-bond acceptors (Lipinski definition) is 3. The average Bonchev–Trinajstić information content (AvgIpc) is 2.30. The van der Waals surface area contributed by atoms with Crippen LogP contribution >= 0.6 is 0 Å². The Hall–Kier alpha value is -0.610. The van der Waals surface area contributed by atoms with Crippen LogP contribution in [0.1, 0.15) is 39.0 Å². The van der Waals surface area contributed by atoms with Gasteiger partial charge in [-0.3, -0.25) is 4.79 Å². The molecule has 0 saturated heterocycles. The van der Waals surface area contributed by atoms with E-state index in [0.717, 1.165) is 12.8 Å². The van der Waals surface area contributed by atoms with E-state index in [4.69, 9.17) is 10.5 Å². The highest BCUT2D eigenvalue weighted by Gasteiger charge is 2.24. The van der Waals surface area contributed by atoms with Gasteiger partial charge < -0.3 is 15.8 Å². The average molecular weight is 228 g/mol. The quantitative estimate of drug-likeness (QED) is 0.668. The van der Waals surface area contributed by atoms with Crippen LogP contribution in [0.3, 0.4) is 0 Å². The number of amides is 1. The van der Waals surface area contributed by atoms with E-state index in [-0.39, 0.29) is 11.9 Å². The van der Waals surface area contributed by atoms with Gasteiger partial charge in [-0.05, 0) is 32.2 Å². The highest BCUT2D eigenvalue weighted by Crippen LogP contribution is 2.23. The third kappa shape index (κ3) is 4.49. The highest BCUT2D eigenvalue weighted by molar-refractivity contribution is 5.76. The van der Waals surface area contributed by atoms with E-state index in [0.29, 0.717) is 32.1 Å². The lowest BCUT2D eigenvalue weighted by molar-refractivity contribution is -0.123. The van der Waals surface area contributed by atoms with E-state index in [1.165, 1.54) is 12.8 Å². The molecular weight excluding hydrogens is 204 g/mol. The van der Waals surface area contributed by atoms with Gasteiger partial charge in [-0.1, -0.05) is 12.8 Å². The normalized spacial score (nSPS) is 25.4. The van der Waals surface area contributed by atoms with Crippen LogP contribution in [0.4, 0.5) is 0 Å². The number of nitrogens with one attached hydrogen (secondary N) is 1. The molecule has 0 bridgehead atoms. The highest BCUT2D eigenvalue weighted by atomic mass is 16.5. The van der Waals surface area contributed by atoms with Crippen molar-refractivity contribution in [2.45, 2.75) is 45.1 Å². The summed E-state index contributed by atoms with van der Waals surface area (Å²) in [5, 5.41) is 3.08. The van der Waals surface area contributed by atoms with Gasteiger partial charge in [-0.25, -0.2) is 0 Å². The van der Waals surface area contributed by atoms with Crippen LogP contribution < -0.4 is 11.1 Å². The minimum absolute atomic E-state index is 0.0961. The molecule has 0 aromatic rings. The van der Waals surface area contributed by atoms with Crippen molar-refractivity contribution in [2.24, 2.45) is 11.7 Å². The Morgan fingerprint density at radius 3 is 2.88 bits per heavy atom. The minimum Gasteiger partial charge on any atom is -0.381 e. The van der Waals surface area contributed by atoms with Crippen molar-refractivity contribution in [2.75, 3.05) is 19.8 Å². The summed E-state index contributed by atoms with van der Waals surface area (Å²) in [6, 6.07) is 0.285. The van der Waals surface area contributed by atoms with Gasteiger partial charge in [0.25, 0.3) is 0 Å². The Morgan fingerprint density at radius 2 is 2.19 bits per heavy atom. The zero-order valence-electron chi connectivity index (χ0n) is 10.2. The molecule has 16 heavy (non-hydrogen) atoms. The van der Waals surface area contributed by atoms with Crippen LogP contribution in [0.5, 0.6) is 0 Å². The first kappa shape index (κ1) is 13.5. The van der Waals surface area contributed by atoms with E-state index in [1.807, 2.05) is 6.92 Å². The van der Waals surface area contributed by atoms with Gasteiger partial charge in [0.15, 0.2) is 0 Å². The zero-order chi connectivity index (χ0) is 11.8. The number of nitrogens with two attached hydrogens (primary N) is 1. The molecule has 0 radical (unpaired) electrons. The maximum Gasteiger partial charge on any atom is 0.222 e. The van der Waals surface area contributed by atoms with Crippen LogP contribution in [0.2, 0.25) is 0 Å². The Bertz CT molecular complexity index is 209. The standard InChI is InChI=1S/C12H24N2O2/c1-2-16-8-7-12(15)14-11-6-4-3-5-10(11)9-13/h10-11H,2-9,13H2,1H3,(H,14,15). The molecule has 1 aliphatic carbocycles. The van der Waals surface area contributed by atoms with Crippen molar-refractivity contribution in [3.05, 3.63) is 0 Å². The Morgan fingerprint density at radius 1 is 1.44 bits per heavy atom. The van der Waals surface area contributed by atoms with Gasteiger partial charge in [0, 0.05) is 19.1 Å². The second kappa shape index (κ2) is 7.63. The molecule has 1 saturated carbocycles. The fourth-order valence-corrected chi connectivity index (χ4v) is 2.27. The molecule has 0 spiro atoms. The third-order valence-corrected chi connectivity index (χ3v) is 3.24. The summed E-state index contributed by atoms with van der Waals surface area (Å²) >= 11 is 0. The summed E-state index contributed by atoms with van der Waals surface area (Å²) < 4.78 is 5.16. The SMILES string of the molecule is CCOCCC(=O)NC1CCCCC1CN. The van der Waals surface area contributed by atoms with Crippen LogP contribution in [0.15, 0.2) is 0 Å². The van der Waals surface area contributed by atoms with Crippen LogP contribution in [0.25, 0.3) is 0 Å². The molecule has 0 heterocycles. The zero-order valence-corrected chi connectivity index (χ0v) is 10.2. The summed E-state index contributed by atoms with van der Waals surface area (Å²) in [5.41, 5.74) is 5.72. The third-order valence-electron chi connectivity index (χ3n) is 3.24. The van der Waals surface area contributed by atoms with Crippen LogP contribution in [-0.4, -0.2) is 31.7 Å². The van der Waals surface area contributed by atoms with E-state index in [9.17, 15) is 4.79 Å². The van der Waals surface area contributed by atoms with Crippen molar-refractivity contribution < 1.29 is 9.53 Å². The summed E-state index contributed by atoms with van der Waals surface area (Å²) in [6.45, 7) is 3.80. The fourth-order valence-electron chi connectivity index (χ4n) is 2.27. The molecule has 1 rings (SSSR count). The molecule has 1 fully saturated rings. The smallest absolute Gasteiger partial charge is 0.222 e. The maximum atomic E-state index is 11.6. The van der Waals surface area contributed by atoms with Gasteiger partial charge in [0.2, 0.25) is 5.91 Å². The lowest BCUT2D eigenvalue weighted by atomic mass is 9.84. The maximum absolute atomic E-state index is 11.6. The van der Waals surface area contributed by atoms with Crippen molar-refractivity contribution >= 4 is 5.91 Å². The van der Waals surface area contributed by atoms with E-state index in [1.54, 1.807) is 0 Å². The second-order valence-electron chi connectivity index (χ2n) is 4.40. The van der Waals surface area contributed by atoms with Gasteiger partial charge in [0.05, 0.1) is 6.61 Å². The summed E-state index contributed by atoms with van der Waals surface area (Å²) in [7, 11) is 0. The Labute approximate surface area is 97.9 Å². The molecular formula is C12H24N2O2. The Balaban J connectivity index is 2.25. The molecule has 0 aliphatic heterocycles. The molecule has 4 heteroatoms. The summed E-state index contributed by atoms with van der Waals surface area (Å²) in [6.07, 6.45) is 5.12. The first-order chi connectivity index (χ1) is 7.77. The molecule has 4 nitrogen and oxygen atoms in total. The molecule has 1 aliphatic rings. The molecule has 3 N–H and O–H groups in total. The molecule has 0 aromatic heterocycles. The fraction of sp³-hybridized carbons (Fsp3) is 0.917. The van der Waals surface area contributed by atoms with E-state index < -0.39 is 0 Å². The van der Waals surface area contributed by atoms with Gasteiger partial charge in [-0.15, -0.1) is 0 Å². The van der Waals surface area contributed by atoms with Gasteiger partial charge in [-0.2, -0.15) is 0 Å². The number of hydrogen-bond donors (Lipinski definition) is 2. The molecule has 2 unspecified atom stereocenters. The lowest BCUT2D eigenvalue weighted by Crippen LogP contribution is -2.44. The number of carbonyl (C=O) groups is 1. The number of carbonyl (C=O) groups excluding carboxylic acids is 1. The molecule has 0 aromatic carbocycles. The van der Waals surface area contributed by atoms with Gasteiger partial charge >= 0.3 is 0 Å². The minimum atomic E-state index is 0.0961. The van der Waals surface area contributed by atoms with Crippen molar-refractivity contribution in [3.63, 3.8) is 0 Å². The monoisotopic (exact) mass is 228 g/mol. The molecule has 94 valence electrons. The van der Waals surface area contributed by atoms with Gasteiger partial charge in [0.1, 0.15) is 0 Å². The van der Waals surface area contributed by atoms with Crippen LogP contribution in [0, 0.1) is 5.92 Å². The summed E-state index contributed by atoms with van der Waals surface area (Å²) in [5.74, 6) is 0.559. The molecule has 2 atom stereocenters. The topological polar surface area (TPSA) is 64.3 Å². The van der Waals surface area contributed by atoms with Crippen molar-refractivity contribution in [1.82, 2.24) is 5.32 Å². The predicted molar refractivity (Wildman–Crippen MR) is 64.1 cm³/mol. The first-order valence-corrected chi connectivity index (χ1v) is 6.35. The predicted octanol–water partition coefficient (Wildman–Crippen LogP) is 1.05. The Kier molecular flexibility index (Phi) is 6.42. The van der Waals surface area contributed by atoms with E-state index in [2.05, 4.69) is 5.32 Å². The number of rotatable bonds is 6. The molecule has 1 amide bonds.